The van der Waals surface area contributed by atoms with Gasteiger partial charge in [-0.3, -0.25) is 0 Å². The van der Waals surface area contributed by atoms with E-state index in [1.807, 2.05) is 32.3 Å². The summed E-state index contributed by atoms with van der Waals surface area (Å²) in [4.78, 5) is 11.7. The van der Waals surface area contributed by atoms with Gasteiger partial charge in [-0.15, -0.1) is 0 Å². The number of aryl methyl sites for hydroxylation is 1. The Hall–Kier alpha value is -3.38. The highest BCUT2D eigenvalue weighted by Gasteiger charge is 2.54. The molecule has 2 aromatic heterocycles. The van der Waals surface area contributed by atoms with E-state index in [9.17, 15) is 0 Å². The van der Waals surface area contributed by atoms with Crippen molar-refractivity contribution in [2.24, 2.45) is 5.41 Å². The fourth-order valence-corrected chi connectivity index (χ4v) is 5.85. The molecule has 1 atom stereocenters. The molecule has 186 valence electrons. The first-order chi connectivity index (χ1) is 17.5. The van der Waals surface area contributed by atoms with Crippen molar-refractivity contribution in [1.29, 1.82) is 0 Å². The van der Waals surface area contributed by atoms with Gasteiger partial charge in [0.2, 0.25) is 5.95 Å². The van der Waals surface area contributed by atoms with Gasteiger partial charge in [-0.05, 0) is 62.6 Å². The zero-order valence-electron chi connectivity index (χ0n) is 21.4. The molecule has 0 unspecified atom stereocenters. The molecular formula is C30H35N5O. The van der Waals surface area contributed by atoms with Crippen LogP contribution in [0.2, 0.25) is 0 Å². The standard InChI is InChI=1S/C30H35N5O/c1-20-22(17-26(36-20)21-9-5-4-6-10-21)19-31-27-18-30(27)15-13-23(14-16-30)32-29-33-25-12-8-7-11-24(25)28(34-29)35(2)3/h4-12,17,23,27,31H,13-16,18-19H2,1-3H3,(H,32,33,34)/t23?,27-,30?/m1/s1. The molecule has 0 amide bonds. The predicted molar refractivity (Wildman–Crippen MR) is 146 cm³/mol. The molecule has 2 aliphatic carbocycles. The van der Waals surface area contributed by atoms with Crippen molar-refractivity contribution in [3.05, 3.63) is 72.0 Å². The molecule has 6 heteroatoms. The van der Waals surface area contributed by atoms with E-state index in [-0.39, 0.29) is 0 Å². The van der Waals surface area contributed by atoms with Crippen LogP contribution in [0.15, 0.2) is 65.1 Å². The van der Waals surface area contributed by atoms with E-state index in [1.165, 1.54) is 24.8 Å². The van der Waals surface area contributed by atoms with Gasteiger partial charge in [0, 0.05) is 49.2 Å². The van der Waals surface area contributed by atoms with Crippen LogP contribution in [0.4, 0.5) is 11.8 Å². The molecule has 4 aromatic rings. The molecular weight excluding hydrogens is 446 g/mol. The first kappa shape index (κ1) is 23.0. The molecule has 6 rings (SSSR count). The number of nitrogens with zero attached hydrogens (tertiary/aromatic N) is 3. The van der Waals surface area contributed by atoms with Crippen molar-refractivity contribution in [2.75, 3.05) is 24.3 Å². The number of aromatic nitrogens is 2. The lowest BCUT2D eigenvalue weighted by Gasteiger charge is -2.30. The van der Waals surface area contributed by atoms with Crippen molar-refractivity contribution in [2.45, 2.75) is 57.7 Å². The normalized spacial score (nSPS) is 23.2. The largest absolute Gasteiger partial charge is 0.461 e. The highest BCUT2D eigenvalue weighted by atomic mass is 16.3. The number of benzene rings is 2. The quantitative estimate of drug-likeness (QED) is 0.329. The summed E-state index contributed by atoms with van der Waals surface area (Å²) in [5.41, 5.74) is 3.84. The second-order valence-electron chi connectivity index (χ2n) is 10.8. The van der Waals surface area contributed by atoms with Gasteiger partial charge in [0.05, 0.1) is 5.52 Å². The van der Waals surface area contributed by atoms with E-state index in [0.29, 0.717) is 17.5 Å². The second-order valence-corrected chi connectivity index (χ2v) is 10.8. The van der Waals surface area contributed by atoms with Crippen LogP contribution in [-0.2, 0) is 6.54 Å². The minimum absolute atomic E-state index is 0.428. The average Bonchev–Trinajstić information content (AvgIpc) is 3.43. The van der Waals surface area contributed by atoms with Crippen molar-refractivity contribution >= 4 is 22.7 Å². The lowest BCUT2D eigenvalue weighted by atomic mass is 9.83. The fraction of sp³-hybridized carbons (Fsp3) is 0.400. The van der Waals surface area contributed by atoms with Gasteiger partial charge in [0.25, 0.3) is 0 Å². The van der Waals surface area contributed by atoms with E-state index in [2.05, 4.69) is 64.9 Å². The number of hydrogen-bond donors (Lipinski definition) is 2. The molecule has 1 spiro atoms. The monoisotopic (exact) mass is 481 g/mol. The molecule has 2 heterocycles. The summed E-state index contributed by atoms with van der Waals surface area (Å²) >= 11 is 0. The summed E-state index contributed by atoms with van der Waals surface area (Å²) < 4.78 is 6.05. The summed E-state index contributed by atoms with van der Waals surface area (Å²) in [7, 11) is 4.08. The van der Waals surface area contributed by atoms with Crippen LogP contribution >= 0.6 is 0 Å². The Balaban J connectivity index is 1.05. The summed E-state index contributed by atoms with van der Waals surface area (Å²) in [5, 5.41) is 8.57. The third kappa shape index (κ3) is 4.46. The third-order valence-corrected chi connectivity index (χ3v) is 8.13. The van der Waals surface area contributed by atoms with Crippen LogP contribution in [0.1, 0.15) is 43.4 Å². The van der Waals surface area contributed by atoms with Crippen LogP contribution in [0.5, 0.6) is 0 Å². The van der Waals surface area contributed by atoms with Gasteiger partial charge < -0.3 is 20.0 Å². The molecule has 0 radical (unpaired) electrons. The SMILES string of the molecule is Cc1oc(-c2ccccc2)cc1CN[C@@H]1CC12CCC(Nc1nc(N(C)C)c3ccccc3n1)CC2. The number of fused-ring (bicyclic) bond motifs is 1. The summed E-state index contributed by atoms with van der Waals surface area (Å²) in [6.07, 6.45) is 6.09. The number of nitrogens with one attached hydrogen (secondary N) is 2. The number of anilines is 2. The minimum atomic E-state index is 0.428. The number of rotatable bonds is 7. The van der Waals surface area contributed by atoms with E-state index >= 15 is 0 Å². The van der Waals surface area contributed by atoms with Crippen molar-refractivity contribution in [3.63, 3.8) is 0 Å². The zero-order chi connectivity index (χ0) is 24.7. The topological polar surface area (TPSA) is 66.2 Å². The van der Waals surface area contributed by atoms with Crippen LogP contribution in [0.3, 0.4) is 0 Å². The smallest absolute Gasteiger partial charge is 0.225 e. The van der Waals surface area contributed by atoms with Gasteiger partial charge in [0.15, 0.2) is 0 Å². The molecule has 2 aliphatic rings. The summed E-state index contributed by atoms with van der Waals surface area (Å²) in [6.45, 7) is 2.94. The average molecular weight is 482 g/mol. The third-order valence-electron chi connectivity index (χ3n) is 8.13. The number of para-hydroxylation sites is 1. The minimum Gasteiger partial charge on any atom is -0.461 e. The lowest BCUT2D eigenvalue weighted by Crippen LogP contribution is -2.31. The molecule has 0 aliphatic heterocycles. The van der Waals surface area contributed by atoms with E-state index in [1.54, 1.807) is 0 Å². The van der Waals surface area contributed by atoms with Crippen molar-refractivity contribution < 1.29 is 4.42 Å². The Labute approximate surface area is 213 Å². The Morgan fingerprint density at radius 2 is 1.75 bits per heavy atom. The molecule has 0 bridgehead atoms. The van der Waals surface area contributed by atoms with Crippen LogP contribution < -0.4 is 15.5 Å². The van der Waals surface area contributed by atoms with Crippen LogP contribution in [0.25, 0.3) is 22.2 Å². The second kappa shape index (κ2) is 9.25. The fourth-order valence-electron chi connectivity index (χ4n) is 5.85. The highest BCUT2D eigenvalue weighted by molar-refractivity contribution is 5.90. The van der Waals surface area contributed by atoms with Gasteiger partial charge in [-0.1, -0.05) is 42.5 Å². The number of hydrogen-bond acceptors (Lipinski definition) is 6. The highest BCUT2D eigenvalue weighted by Crippen LogP contribution is 2.56. The predicted octanol–water partition coefficient (Wildman–Crippen LogP) is 6.17. The lowest BCUT2D eigenvalue weighted by molar-refractivity contribution is 0.296. The maximum absolute atomic E-state index is 6.05. The number of furan rings is 1. The first-order valence-electron chi connectivity index (χ1n) is 13.1. The van der Waals surface area contributed by atoms with Gasteiger partial charge in [-0.2, -0.15) is 4.98 Å². The maximum Gasteiger partial charge on any atom is 0.225 e. The Morgan fingerprint density at radius 1 is 1.00 bits per heavy atom. The Morgan fingerprint density at radius 3 is 2.53 bits per heavy atom. The molecule has 2 fully saturated rings. The van der Waals surface area contributed by atoms with Crippen molar-refractivity contribution in [1.82, 2.24) is 15.3 Å². The Kier molecular flexibility index (Phi) is 5.92. The maximum atomic E-state index is 6.05. The zero-order valence-corrected chi connectivity index (χ0v) is 21.4. The molecule has 2 aromatic carbocycles. The van der Waals surface area contributed by atoms with Crippen molar-refractivity contribution in [3.8, 4) is 11.3 Å². The summed E-state index contributed by atoms with van der Waals surface area (Å²) in [5.74, 6) is 3.67. The Bertz CT molecular complexity index is 1350. The van der Waals surface area contributed by atoms with Gasteiger partial charge in [-0.25, -0.2) is 4.98 Å². The van der Waals surface area contributed by atoms with Crippen LogP contribution in [-0.4, -0.2) is 36.1 Å². The van der Waals surface area contributed by atoms with E-state index in [0.717, 1.165) is 59.1 Å². The van der Waals surface area contributed by atoms with E-state index < -0.39 is 0 Å². The molecule has 2 N–H and O–H groups in total. The first-order valence-corrected chi connectivity index (χ1v) is 13.1. The molecule has 6 nitrogen and oxygen atoms in total. The summed E-state index contributed by atoms with van der Waals surface area (Å²) in [6, 6.07) is 21.8. The molecule has 36 heavy (non-hydrogen) atoms. The molecule has 2 saturated carbocycles. The van der Waals surface area contributed by atoms with Gasteiger partial charge in [0.1, 0.15) is 17.3 Å². The molecule has 0 saturated heterocycles. The van der Waals surface area contributed by atoms with Crippen LogP contribution in [0, 0.1) is 12.3 Å². The van der Waals surface area contributed by atoms with E-state index in [4.69, 9.17) is 14.4 Å². The van der Waals surface area contributed by atoms with Gasteiger partial charge >= 0.3 is 0 Å².